The molecule has 0 saturated heterocycles. The van der Waals surface area contributed by atoms with E-state index >= 15 is 0 Å². The van der Waals surface area contributed by atoms with Gasteiger partial charge in [0, 0.05) is 17.1 Å². The van der Waals surface area contributed by atoms with Crippen molar-refractivity contribution in [2.24, 2.45) is 0 Å². The summed E-state index contributed by atoms with van der Waals surface area (Å²) in [6.07, 6.45) is 1.53. The van der Waals surface area contributed by atoms with E-state index in [2.05, 4.69) is 5.32 Å². The van der Waals surface area contributed by atoms with Crippen LogP contribution in [-0.2, 0) is 16.3 Å². The molecule has 114 valence electrons. The summed E-state index contributed by atoms with van der Waals surface area (Å²) in [7, 11) is -3.13. The molecule has 0 fully saturated rings. The Labute approximate surface area is 134 Å². The first-order chi connectivity index (χ1) is 10.0. The molecule has 0 aliphatic rings. The molecule has 0 amide bonds. The molecule has 3 nitrogen and oxygen atoms in total. The lowest BCUT2D eigenvalue weighted by Crippen LogP contribution is -2.07. The van der Waals surface area contributed by atoms with Gasteiger partial charge in [0.25, 0.3) is 0 Å². The van der Waals surface area contributed by atoms with Crippen LogP contribution >= 0.6 is 22.9 Å². The molecule has 0 unspecified atom stereocenters. The average Bonchev–Trinajstić information content (AvgIpc) is 2.85. The van der Waals surface area contributed by atoms with Crippen molar-refractivity contribution in [1.82, 2.24) is 0 Å². The minimum atomic E-state index is -3.13. The van der Waals surface area contributed by atoms with E-state index in [-0.39, 0.29) is 5.75 Å². The van der Waals surface area contributed by atoms with Crippen molar-refractivity contribution in [3.63, 3.8) is 0 Å². The lowest BCUT2D eigenvalue weighted by atomic mass is 10.3. The Hall–Kier alpha value is -1.04. The molecule has 1 aromatic heterocycles. The van der Waals surface area contributed by atoms with Crippen LogP contribution in [0.5, 0.6) is 0 Å². The fraction of sp³-hybridized carbons (Fsp3) is 0.333. The highest BCUT2D eigenvalue weighted by atomic mass is 35.5. The van der Waals surface area contributed by atoms with Crippen LogP contribution in [0.25, 0.3) is 0 Å². The summed E-state index contributed by atoms with van der Waals surface area (Å²) in [5.41, 5.74) is 0.924. The van der Waals surface area contributed by atoms with Gasteiger partial charge in [-0.2, -0.15) is 0 Å². The van der Waals surface area contributed by atoms with Crippen molar-refractivity contribution < 1.29 is 8.42 Å². The number of hydrogen-bond acceptors (Lipinski definition) is 4. The Morgan fingerprint density at radius 2 is 1.86 bits per heavy atom. The zero-order valence-electron chi connectivity index (χ0n) is 11.8. The maximum Gasteiger partial charge on any atom is 0.178 e. The third-order valence-corrected chi connectivity index (χ3v) is 6.24. The molecule has 0 bridgehead atoms. The molecule has 2 aromatic rings. The van der Waals surface area contributed by atoms with Crippen molar-refractivity contribution in [3.05, 3.63) is 45.6 Å². The molecule has 1 heterocycles. The normalized spacial score (nSPS) is 11.5. The third-order valence-electron chi connectivity index (χ3n) is 3.02. The van der Waals surface area contributed by atoms with E-state index in [1.807, 2.05) is 31.2 Å². The van der Waals surface area contributed by atoms with Crippen molar-refractivity contribution in [3.8, 4) is 0 Å². The Morgan fingerprint density at radius 1 is 1.14 bits per heavy atom. The molecule has 1 N–H and O–H groups in total. The van der Waals surface area contributed by atoms with Gasteiger partial charge in [-0.25, -0.2) is 8.42 Å². The molecule has 2 rings (SSSR count). The Bertz CT molecular complexity index is 678. The fourth-order valence-electron chi connectivity index (χ4n) is 1.98. The van der Waals surface area contributed by atoms with Crippen molar-refractivity contribution in [2.45, 2.75) is 24.7 Å². The van der Waals surface area contributed by atoms with Crippen molar-refractivity contribution in [2.75, 3.05) is 17.6 Å². The van der Waals surface area contributed by atoms with Gasteiger partial charge < -0.3 is 5.32 Å². The lowest BCUT2D eigenvalue weighted by molar-refractivity contribution is 0.595. The van der Waals surface area contributed by atoms with E-state index in [9.17, 15) is 8.42 Å². The highest BCUT2D eigenvalue weighted by molar-refractivity contribution is 7.91. The second-order valence-corrected chi connectivity index (χ2v) is 8.63. The third kappa shape index (κ3) is 4.73. The van der Waals surface area contributed by atoms with E-state index < -0.39 is 9.84 Å². The minimum absolute atomic E-state index is 0.193. The molecule has 0 radical (unpaired) electrons. The second-order valence-electron chi connectivity index (χ2n) is 4.73. The number of benzene rings is 1. The lowest BCUT2D eigenvalue weighted by Gasteiger charge is -2.07. The number of rotatable bonds is 7. The predicted octanol–water partition coefficient (Wildman–Crippen LogP) is 4.24. The summed E-state index contributed by atoms with van der Waals surface area (Å²) in [5.74, 6) is 0.193. The molecule has 21 heavy (non-hydrogen) atoms. The number of halogens is 1. The van der Waals surface area contributed by atoms with E-state index in [4.69, 9.17) is 11.6 Å². The minimum Gasteiger partial charge on any atom is -0.385 e. The zero-order valence-corrected chi connectivity index (χ0v) is 14.2. The van der Waals surface area contributed by atoms with Gasteiger partial charge >= 0.3 is 0 Å². The van der Waals surface area contributed by atoms with Crippen LogP contribution in [0, 0.1) is 0 Å². The molecular weight excluding hydrogens is 326 g/mol. The maximum atomic E-state index is 11.9. The van der Waals surface area contributed by atoms with Gasteiger partial charge in [0.05, 0.1) is 15.0 Å². The van der Waals surface area contributed by atoms with Crippen LogP contribution in [0.1, 0.15) is 18.2 Å². The highest BCUT2D eigenvalue weighted by Crippen LogP contribution is 2.22. The predicted molar refractivity (Wildman–Crippen MR) is 90.3 cm³/mol. The van der Waals surface area contributed by atoms with E-state index in [1.54, 1.807) is 23.5 Å². The van der Waals surface area contributed by atoms with E-state index in [1.165, 1.54) is 4.88 Å². The van der Waals surface area contributed by atoms with Crippen molar-refractivity contribution in [1.29, 1.82) is 0 Å². The van der Waals surface area contributed by atoms with Crippen LogP contribution in [0.4, 0.5) is 5.69 Å². The first-order valence-corrected chi connectivity index (χ1v) is 9.67. The summed E-state index contributed by atoms with van der Waals surface area (Å²) < 4.78 is 24.6. The Morgan fingerprint density at radius 3 is 2.43 bits per heavy atom. The molecule has 0 aliphatic heterocycles. The maximum absolute atomic E-state index is 11.9. The van der Waals surface area contributed by atoms with E-state index in [0.717, 1.165) is 23.0 Å². The topological polar surface area (TPSA) is 46.2 Å². The van der Waals surface area contributed by atoms with Crippen molar-refractivity contribution >= 4 is 38.5 Å². The van der Waals surface area contributed by atoms with Gasteiger partial charge in [-0.3, -0.25) is 0 Å². The first kappa shape index (κ1) is 16.3. The second kappa shape index (κ2) is 7.29. The molecule has 0 saturated carbocycles. The SMILES string of the molecule is CCCS(=O)(=O)c1ccc(NCCc2ccc(Cl)s2)cc1. The smallest absolute Gasteiger partial charge is 0.178 e. The summed E-state index contributed by atoms with van der Waals surface area (Å²) in [5, 5.41) is 3.28. The monoisotopic (exact) mass is 343 g/mol. The summed E-state index contributed by atoms with van der Waals surface area (Å²) in [6, 6.07) is 10.9. The molecule has 0 spiro atoms. The number of hydrogen-bond donors (Lipinski definition) is 1. The fourth-order valence-corrected chi connectivity index (χ4v) is 4.39. The average molecular weight is 344 g/mol. The Balaban J connectivity index is 1.90. The van der Waals surface area contributed by atoms with Crippen LogP contribution < -0.4 is 5.32 Å². The summed E-state index contributed by atoms with van der Waals surface area (Å²) in [4.78, 5) is 1.62. The van der Waals surface area contributed by atoms with Gasteiger partial charge in [0.1, 0.15) is 0 Å². The van der Waals surface area contributed by atoms with Crippen LogP contribution in [0.3, 0.4) is 0 Å². The number of anilines is 1. The molecule has 0 atom stereocenters. The van der Waals surface area contributed by atoms with Crippen LogP contribution in [0.15, 0.2) is 41.3 Å². The van der Waals surface area contributed by atoms with Gasteiger partial charge in [-0.05, 0) is 49.2 Å². The van der Waals surface area contributed by atoms with Gasteiger partial charge in [0.15, 0.2) is 9.84 Å². The van der Waals surface area contributed by atoms with Gasteiger partial charge in [-0.15, -0.1) is 11.3 Å². The van der Waals surface area contributed by atoms with Gasteiger partial charge in [-0.1, -0.05) is 18.5 Å². The number of nitrogens with one attached hydrogen (secondary N) is 1. The van der Waals surface area contributed by atoms with E-state index in [0.29, 0.717) is 11.3 Å². The molecule has 1 aromatic carbocycles. The molecule has 0 aliphatic carbocycles. The largest absolute Gasteiger partial charge is 0.385 e. The summed E-state index contributed by atoms with van der Waals surface area (Å²) >= 11 is 7.46. The quantitative estimate of drug-likeness (QED) is 0.817. The Kier molecular flexibility index (Phi) is 5.67. The number of sulfone groups is 1. The first-order valence-electron chi connectivity index (χ1n) is 6.82. The molecular formula is C15H18ClNO2S2. The summed E-state index contributed by atoms with van der Waals surface area (Å²) in [6.45, 7) is 2.65. The molecule has 6 heteroatoms. The standard InChI is InChI=1S/C15H18ClNO2S2/c1-2-11-21(18,19)14-6-3-12(4-7-14)17-10-9-13-5-8-15(16)20-13/h3-8,17H,2,9-11H2,1H3. The zero-order chi connectivity index (χ0) is 15.3. The van der Waals surface area contributed by atoms with Crippen LogP contribution in [-0.4, -0.2) is 20.7 Å². The highest BCUT2D eigenvalue weighted by Gasteiger charge is 2.12. The van der Waals surface area contributed by atoms with Crippen LogP contribution in [0.2, 0.25) is 4.34 Å². The van der Waals surface area contributed by atoms with Gasteiger partial charge in [0.2, 0.25) is 0 Å². The number of thiophene rings is 1.